The van der Waals surface area contributed by atoms with Crippen molar-refractivity contribution < 1.29 is 29.3 Å². The Morgan fingerprint density at radius 1 is 1.15 bits per heavy atom. The van der Waals surface area contributed by atoms with E-state index in [1.807, 2.05) is 34.6 Å². The van der Waals surface area contributed by atoms with Gasteiger partial charge in [-0.25, -0.2) is 4.98 Å². The molecule has 1 saturated heterocycles. The van der Waals surface area contributed by atoms with Crippen LogP contribution in [-0.2, 0) is 14.3 Å². The number of pyridine rings is 1. The highest BCUT2D eigenvalue weighted by atomic mass is 16.5. The molecule has 10 heteroatoms. The monoisotopic (exact) mass is 564 g/mol. The third kappa shape index (κ3) is 9.98. The Balaban J connectivity index is 2.29. The van der Waals surface area contributed by atoms with E-state index in [9.17, 15) is 19.8 Å². The Bertz CT molecular complexity index is 925. The van der Waals surface area contributed by atoms with Crippen LogP contribution in [0.1, 0.15) is 72.8 Å². The van der Waals surface area contributed by atoms with Crippen molar-refractivity contribution in [2.24, 2.45) is 23.7 Å². The number of anilines is 1. The maximum atomic E-state index is 14.0. The molecular weight excluding hydrogens is 512 g/mol. The second kappa shape index (κ2) is 16.9. The highest BCUT2D eigenvalue weighted by molar-refractivity contribution is 5.95. The van der Waals surface area contributed by atoms with E-state index in [1.165, 1.54) is 0 Å². The normalized spacial score (nSPS) is 20.1. The summed E-state index contributed by atoms with van der Waals surface area (Å²) in [7, 11) is 0. The fourth-order valence-electron chi connectivity index (χ4n) is 4.96. The molecule has 1 aliphatic rings. The van der Waals surface area contributed by atoms with Gasteiger partial charge in [-0.2, -0.15) is 0 Å². The molecule has 1 aliphatic heterocycles. The summed E-state index contributed by atoms with van der Waals surface area (Å²) in [4.78, 5) is 33.5. The molecule has 40 heavy (non-hydrogen) atoms. The standard InChI is InChI=1S/C30H52N4O6/c1-8-39-18-22(12-19(2)3)33-29(37)24-14-31-15-25(28(24)36)30(38)34(17-20(4)5)27-13-26(40-11-9-10-35)23(16-32-27)21(6)7/h13,16,19-22,24-25,28,31,35-36H,8-12,14-15,17-18H2,1-7H3,(H,33,37)/t22-,24-,25+,28-/m1/s1. The van der Waals surface area contributed by atoms with Crippen LogP contribution in [0.25, 0.3) is 0 Å². The molecule has 10 nitrogen and oxygen atoms in total. The van der Waals surface area contributed by atoms with Crippen molar-refractivity contribution >= 4 is 17.6 Å². The molecule has 0 spiro atoms. The molecular formula is C30H52N4O6. The number of carbonyl (C=O) groups is 2. The van der Waals surface area contributed by atoms with E-state index in [0.29, 0.717) is 50.3 Å². The van der Waals surface area contributed by atoms with Gasteiger partial charge >= 0.3 is 0 Å². The SMILES string of the molecule is CCOC[C@@H](CC(C)C)NC(=O)[C@@H]1CNC[C@H](C(=O)N(CC(C)C)c2cc(OCCCO)c(C(C)C)cn2)[C@@H]1O. The maximum Gasteiger partial charge on any atom is 0.235 e. The Morgan fingerprint density at radius 3 is 2.45 bits per heavy atom. The lowest BCUT2D eigenvalue weighted by atomic mass is 9.85. The lowest BCUT2D eigenvalue weighted by Gasteiger charge is -2.37. The van der Waals surface area contributed by atoms with Crippen LogP contribution in [0.5, 0.6) is 5.75 Å². The largest absolute Gasteiger partial charge is 0.493 e. The molecule has 4 N–H and O–H groups in total. The van der Waals surface area contributed by atoms with Gasteiger partial charge in [0.25, 0.3) is 0 Å². The van der Waals surface area contributed by atoms with E-state index in [0.717, 1.165) is 12.0 Å². The van der Waals surface area contributed by atoms with Gasteiger partial charge in [0.05, 0.1) is 37.2 Å². The molecule has 2 amide bonds. The molecule has 0 aromatic carbocycles. The summed E-state index contributed by atoms with van der Waals surface area (Å²) in [5.41, 5.74) is 0.915. The lowest BCUT2D eigenvalue weighted by molar-refractivity contribution is -0.137. The van der Waals surface area contributed by atoms with Crippen LogP contribution in [0, 0.1) is 23.7 Å². The van der Waals surface area contributed by atoms with Gasteiger partial charge < -0.3 is 30.3 Å². The molecule has 2 heterocycles. The number of carbonyl (C=O) groups excluding carboxylic acids is 2. The third-order valence-corrected chi connectivity index (χ3v) is 6.99. The van der Waals surface area contributed by atoms with Crippen LogP contribution in [-0.4, -0.2) is 85.2 Å². The first-order chi connectivity index (χ1) is 19.0. The number of hydrogen-bond donors (Lipinski definition) is 4. The number of hydrogen-bond acceptors (Lipinski definition) is 8. The topological polar surface area (TPSA) is 133 Å². The summed E-state index contributed by atoms with van der Waals surface area (Å²) in [6.07, 6.45) is 1.84. The molecule has 1 fully saturated rings. The van der Waals surface area contributed by atoms with Crippen molar-refractivity contribution in [3.05, 3.63) is 17.8 Å². The quantitative estimate of drug-likeness (QED) is 0.225. The molecule has 0 radical (unpaired) electrons. The van der Waals surface area contributed by atoms with Gasteiger partial charge in [0.2, 0.25) is 11.8 Å². The number of aromatic nitrogens is 1. The van der Waals surface area contributed by atoms with Crippen LogP contribution in [0.2, 0.25) is 0 Å². The summed E-state index contributed by atoms with van der Waals surface area (Å²) < 4.78 is 11.5. The molecule has 0 unspecified atom stereocenters. The lowest BCUT2D eigenvalue weighted by Crippen LogP contribution is -2.59. The molecule has 228 valence electrons. The summed E-state index contributed by atoms with van der Waals surface area (Å²) in [5.74, 6) is -0.427. The van der Waals surface area contributed by atoms with Gasteiger partial charge in [-0.1, -0.05) is 41.5 Å². The van der Waals surface area contributed by atoms with E-state index >= 15 is 0 Å². The van der Waals surface area contributed by atoms with Crippen molar-refractivity contribution in [1.29, 1.82) is 0 Å². The summed E-state index contributed by atoms with van der Waals surface area (Å²) in [6.45, 7) is 16.5. The van der Waals surface area contributed by atoms with Crippen molar-refractivity contribution in [3.63, 3.8) is 0 Å². The Labute approximate surface area is 240 Å². The number of rotatable bonds is 16. The van der Waals surface area contributed by atoms with Gasteiger partial charge in [-0.3, -0.25) is 14.5 Å². The minimum atomic E-state index is -1.15. The first-order valence-electron chi connectivity index (χ1n) is 14.8. The smallest absolute Gasteiger partial charge is 0.235 e. The third-order valence-electron chi connectivity index (χ3n) is 6.99. The van der Waals surface area contributed by atoms with Crippen LogP contribution in [0.4, 0.5) is 5.82 Å². The first kappa shape index (κ1) is 33.9. The second-order valence-electron chi connectivity index (χ2n) is 11.9. The minimum absolute atomic E-state index is 0.0259. The van der Waals surface area contributed by atoms with Crippen LogP contribution >= 0.6 is 0 Å². The fraction of sp³-hybridized carbons (Fsp3) is 0.767. The van der Waals surface area contributed by atoms with Crippen molar-refractivity contribution in [3.8, 4) is 5.75 Å². The van der Waals surface area contributed by atoms with E-state index in [2.05, 4.69) is 29.5 Å². The molecule has 1 aromatic rings. The van der Waals surface area contributed by atoms with Crippen molar-refractivity contribution in [2.75, 3.05) is 51.0 Å². The average Bonchev–Trinajstić information content (AvgIpc) is 2.89. The number of ether oxygens (including phenoxy) is 2. The molecule has 2 rings (SSSR count). The second-order valence-corrected chi connectivity index (χ2v) is 11.9. The zero-order chi connectivity index (χ0) is 29.8. The summed E-state index contributed by atoms with van der Waals surface area (Å²) >= 11 is 0. The first-order valence-corrected chi connectivity index (χ1v) is 14.8. The summed E-state index contributed by atoms with van der Waals surface area (Å²) in [5, 5.41) is 26.8. The van der Waals surface area contributed by atoms with E-state index in [4.69, 9.17) is 9.47 Å². The maximum absolute atomic E-state index is 14.0. The Hall–Kier alpha value is -2.27. The minimum Gasteiger partial charge on any atom is -0.493 e. The van der Waals surface area contributed by atoms with Crippen molar-refractivity contribution in [1.82, 2.24) is 15.6 Å². The van der Waals surface area contributed by atoms with Gasteiger partial charge in [0, 0.05) is 57.1 Å². The molecule has 1 aromatic heterocycles. The van der Waals surface area contributed by atoms with Gasteiger partial charge in [0.15, 0.2) is 0 Å². The van der Waals surface area contributed by atoms with Gasteiger partial charge in [-0.05, 0) is 31.1 Å². The Morgan fingerprint density at radius 2 is 1.85 bits per heavy atom. The number of piperidine rings is 1. The number of aliphatic hydroxyl groups is 2. The number of nitrogens with one attached hydrogen (secondary N) is 2. The van der Waals surface area contributed by atoms with Crippen LogP contribution in [0.15, 0.2) is 12.3 Å². The summed E-state index contributed by atoms with van der Waals surface area (Å²) in [6, 6.07) is 1.60. The average molecular weight is 565 g/mol. The molecule has 0 bridgehead atoms. The fourth-order valence-corrected chi connectivity index (χ4v) is 4.96. The predicted octanol–water partition coefficient (Wildman–Crippen LogP) is 2.72. The number of amides is 2. The number of nitrogens with zero attached hydrogens (tertiary/aromatic N) is 2. The molecule has 0 aliphatic carbocycles. The van der Waals surface area contributed by atoms with E-state index in [-0.39, 0.29) is 49.4 Å². The van der Waals surface area contributed by atoms with Crippen LogP contribution < -0.4 is 20.3 Å². The highest BCUT2D eigenvalue weighted by Crippen LogP contribution is 2.31. The molecule has 0 saturated carbocycles. The Kier molecular flexibility index (Phi) is 14.3. The van der Waals surface area contributed by atoms with Gasteiger partial charge in [-0.15, -0.1) is 0 Å². The van der Waals surface area contributed by atoms with E-state index < -0.39 is 17.9 Å². The zero-order valence-corrected chi connectivity index (χ0v) is 25.5. The van der Waals surface area contributed by atoms with E-state index in [1.54, 1.807) is 17.2 Å². The predicted molar refractivity (Wildman–Crippen MR) is 156 cm³/mol. The zero-order valence-electron chi connectivity index (χ0n) is 25.5. The van der Waals surface area contributed by atoms with Crippen molar-refractivity contribution in [2.45, 2.75) is 79.4 Å². The van der Waals surface area contributed by atoms with Crippen LogP contribution in [0.3, 0.4) is 0 Å². The highest BCUT2D eigenvalue weighted by Gasteiger charge is 2.42. The number of aliphatic hydroxyl groups excluding tert-OH is 2. The van der Waals surface area contributed by atoms with Gasteiger partial charge in [0.1, 0.15) is 11.6 Å². The molecule has 4 atom stereocenters.